The number of nitrogens with one attached hydrogen (secondary N) is 4. The number of piperidine rings is 1. The first-order chi connectivity index (χ1) is 25.7. The minimum Gasteiger partial charge on any atom is -0.493 e. The second-order valence-corrected chi connectivity index (χ2v) is 14.9. The summed E-state index contributed by atoms with van der Waals surface area (Å²) in [4.78, 5) is 72.4. The van der Waals surface area contributed by atoms with E-state index in [1.165, 1.54) is 11.0 Å². The molecule has 53 heavy (non-hydrogen) atoms. The standard InChI is InChI=1S/C37H46FN7O7S/c38-29-19-27(52-22-24-9-16-51-17-10-24)20-30-34(29)36(49)42-31(41-30)23-53-28-6-13-44(14-7-28)21-33(47)39-11-1-2-12-40-35(48)25-4-3-5-26(18-25)45-15-8-32(46)43-37(45)50/h3-5,18-20,24,28H,1-2,6-17,21-23H2,(H,39,47)(H,40,48)(H,41,42,49)(H,43,46,50). The monoisotopic (exact) mass is 751 g/mol. The van der Waals surface area contributed by atoms with Gasteiger partial charge >= 0.3 is 6.03 Å². The van der Waals surface area contributed by atoms with Crippen molar-refractivity contribution in [2.24, 2.45) is 5.92 Å². The van der Waals surface area contributed by atoms with E-state index in [9.17, 15) is 28.4 Å². The van der Waals surface area contributed by atoms with Crippen LogP contribution in [0.25, 0.3) is 10.9 Å². The fourth-order valence-corrected chi connectivity index (χ4v) is 7.70. The van der Waals surface area contributed by atoms with Gasteiger partial charge < -0.3 is 25.1 Å². The van der Waals surface area contributed by atoms with E-state index in [0.717, 1.165) is 38.8 Å². The zero-order valence-electron chi connectivity index (χ0n) is 29.6. The van der Waals surface area contributed by atoms with Gasteiger partial charge in [-0.15, -0.1) is 0 Å². The first-order valence-electron chi connectivity index (χ1n) is 18.2. The van der Waals surface area contributed by atoms with Crippen LogP contribution < -0.4 is 31.1 Å². The number of halogens is 1. The summed E-state index contributed by atoms with van der Waals surface area (Å²) >= 11 is 1.70. The Bertz CT molecular complexity index is 1850. The topological polar surface area (TPSA) is 175 Å². The van der Waals surface area contributed by atoms with Gasteiger partial charge in [0.25, 0.3) is 11.5 Å². The number of nitrogens with zero attached hydrogens (tertiary/aromatic N) is 3. The predicted octanol–water partition coefficient (Wildman–Crippen LogP) is 3.34. The van der Waals surface area contributed by atoms with Crippen molar-refractivity contribution in [2.45, 2.75) is 55.9 Å². The first-order valence-corrected chi connectivity index (χ1v) is 19.3. The van der Waals surface area contributed by atoms with Crippen molar-refractivity contribution < 1.29 is 33.0 Å². The maximum atomic E-state index is 14.9. The van der Waals surface area contributed by atoms with Crippen molar-refractivity contribution >= 4 is 52.1 Å². The number of hydrogen-bond donors (Lipinski definition) is 4. The molecule has 1 aromatic heterocycles. The molecule has 4 heterocycles. The second kappa shape index (κ2) is 18.5. The van der Waals surface area contributed by atoms with E-state index in [-0.39, 0.29) is 41.6 Å². The van der Waals surface area contributed by atoms with Gasteiger partial charge in [0.1, 0.15) is 22.8 Å². The van der Waals surface area contributed by atoms with Crippen LogP contribution in [0.4, 0.5) is 14.9 Å². The van der Waals surface area contributed by atoms with Gasteiger partial charge in [0, 0.05) is 67.9 Å². The van der Waals surface area contributed by atoms with Gasteiger partial charge in [0.15, 0.2) is 0 Å². The molecule has 14 nitrogen and oxygen atoms in total. The Morgan fingerprint density at radius 3 is 2.55 bits per heavy atom. The third kappa shape index (κ3) is 10.8. The predicted molar refractivity (Wildman–Crippen MR) is 199 cm³/mol. The molecule has 0 saturated carbocycles. The number of benzene rings is 2. The molecule has 3 aliphatic heterocycles. The molecule has 4 N–H and O–H groups in total. The Labute approximate surface area is 310 Å². The minimum atomic E-state index is -0.649. The van der Waals surface area contributed by atoms with Crippen LogP contribution in [-0.4, -0.2) is 103 Å². The fraction of sp³-hybridized carbons (Fsp3) is 0.514. The number of anilines is 1. The van der Waals surface area contributed by atoms with Crippen LogP contribution in [0, 0.1) is 11.7 Å². The molecular formula is C37H46FN7O7S. The average Bonchev–Trinajstić information content (AvgIpc) is 3.15. The number of unbranched alkanes of at least 4 members (excludes halogenated alkanes) is 1. The zero-order chi connectivity index (χ0) is 37.2. The molecule has 5 amide bonds. The quantitative estimate of drug-likeness (QED) is 0.169. The van der Waals surface area contributed by atoms with Crippen molar-refractivity contribution in [2.75, 3.05) is 64.0 Å². The maximum absolute atomic E-state index is 14.9. The molecule has 0 bridgehead atoms. The highest BCUT2D eigenvalue weighted by Crippen LogP contribution is 2.27. The molecule has 0 atom stereocenters. The Balaban J connectivity index is 0.855. The third-order valence-electron chi connectivity index (χ3n) is 9.65. The minimum absolute atomic E-state index is 0.0401. The van der Waals surface area contributed by atoms with Crippen molar-refractivity contribution in [3.63, 3.8) is 0 Å². The van der Waals surface area contributed by atoms with Crippen molar-refractivity contribution in [3.05, 3.63) is 64.0 Å². The number of thioether (sulfide) groups is 1. The number of imide groups is 1. The number of H-pyrrole nitrogens is 1. The van der Waals surface area contributed by atoms with Crippen molar-refractivity contribution in [3.8, 4) is 5.75 Å². The maximum Gasteiger partial charge on any atom is 0.328 e. The lowest BCUT2D eigenvalue weighted by molar-refractivity contribution is -0.122. The number of urea groups is 1. The summed E-state index contributed by atoms with van der Waals surface area (Å²) in [5, 5.41) is 8.39. The Morgan fingerprint density at radius 1 is 1.00 bits per heavy atom. The number of likely N-dealkylation sites (tertiary alicyclic amines) is 1. The molecule has 284 valence electrons. The molecular weight excluding hydrogens is 706 g/mol. The van der Waals surface area contributed by atoms with Gasteiger partial charge in [-0.05, 0) is 75.7 Å². The molecule has 3 fully saturated rings. The van der Waals surface area contributed by atoms with Crippen LogP contribution >= 0.6 is 11.8 Å². The van der Waals surface area contributed by atoms with E-state index in [1.807, 2.05) is 0 Å². The summed E-state index contributed by atoms with van der Waals surface area (Å²) in [6, 6.07) is 9.09. The van der Waals surface area contributed by atoms with Crippen molar-refractivity contribution in [1.29, 1.82) is 0 Å². The van der Waals surface area contributed by atoms with E-state index in [1.54, 1.807) is 42.1 Å². The van der Waals surface area contributed by atoms with E-state index in [0.29, 0.717) is 92.0 Å². The molecule has 0 radical (unpaired) electrons. The van der Waals surface area contributed by atoms with Gasteiger partial charge in [0.2, 0.25) is 11.8 Å². The molecule has 6 rings (SSSR count). The molecule has 0 aliphatic carbocycles. The van der Waals surface area contributed by atoms with Crippen LogP contribution in [-0.2, 0) is 20.1 Å². The number of hydrogen-bond acceptors (Lipinski definition) is 10. The number of aromatic amines is 1. The summed E-state index contributed by atoms with van der Waals surface area (Å²) in [5.74, 6) is 0.432. The summed E-state index contributed by atoms with van der Waals surface area (Å²) in [5.41, 5.74) is 0.743. The summed E-state index contributed by atoms with van der Waals surface area (Å²) < 4.78 is 26.1. The van der Waals surface area contributed by atoms with Gasteiger partial charge in [-0.1, -0.05) is 6.07 Å². The average molecular weight is 752 g/mol. The number of ether oxygens (including phenoxy) is 2. The molecule has 16 heteroatoms. The van der Waals surface area contributed by atoms with E-state index < -0.39 is 17.4 Å². The number of rotatable bonds is 15. The number of carbonyl (C=O) groups is 4. The molecule has 3 aliphatic rings. The Kier molecular flexibility index (Phi) is 13.3. The van der Waals surface area contributed by atoms with Gasteiger partial charge in [-0.3, -0.25) is 34.3 Å². The zero-order valence-corrected chi connectivity index (χ0v) is 30.4. The third-order valence-corrected chi connectivity index (χ3v) is 11.0. The van der Waals surface area contributed by atoms with Crippen LogP contribution in [0.1, 0.15) is 61.1 Å². The lowest BCUT2D eigenvalue weighted by atomic mass is 10.0. The number of fused-ring (bicyclic) bond motifs is 1. The fourth-order valence-electron chi connectivity index (χ4n) is 6.62. The lowest BCUT2D eigenvalue weighted by Gasteiger charge is -2.31. The summed E-state index contributed by atoms with van der Waals surface area (Å²) in [6.45, 7) is 4.95. The highest BCUT2D eigenvalue weighted by atomic mass is 32.2. The van der Waals surface area contributed by atoms with E-state index >= 15 is 0 Å². The Morgan fingerprint density at radius 2 is 1.77 bits per heavy atom. The number of carbonyl (C=O) groups excluding carboxylic acids is 4. The molecule has 0 unspecified atom stereocenters. The van der Waals surface area contributed by atoms with E-state index in [4.69, 9.17) is 9.47 Å². The lowest BCUT2D eigenvalue weighted by Crippen LogP contribution is -2.49. The van der Waals surface area contributed by atoms with Crippen LogP contribution in [0.2, 0.25) is 0 Å². The van der Waals surface area contributed by atoms with Crippen LogP contribution in [0.15, 0.2) is 41.2 Å². The van der Waals surface area contributed by atoms with Gasteiger partial charge in [0.05, 0.1) is 24.4 Å². The summed E-state index contributed by atoms with van der Waals surface area (Å²) in [6.07, 6.45) is 5.18. The molecule has 3 aromatic rings. The smallest absolute Gasteiger partial charge is 0.328 e. The SMILES string of the molecule is O=C(CN1CCC(SCc2nc3cc(OCC4CCOCC4)cc(F)c3c(=O)[nH]2)CC1)NCCCCNC(=O)c1cccc(N2CCC(=O)NC2=O)c1. The van der Waals surface area contributed by atoms with Gasteiger partial charge in [-0.2, -0.15) is 11.8 Å². The van der Waals surface area contributed by atoms with E-state index in [2.05, 4.69) is 30.8 Å². The molecule has 2 aromatic carbocycles. The first kappa shape index (κ1) is 38.2. The number of amides is 5. The van der Waals surface area contributed by atoms with Crippen molar-refractivity contribution in [1.82, 2.24) is 30.8 Å². The highest BCUT2D eigenvalue weighted by Gasteiger charge is 2.25. The highest BCUT2D eigenvalue weighted by molar-refractivity contribution is 7.99. The Hall–Kier alpha value is -4.54. The molecule has 0 spiro atoms. The largest absolute Gasteiger partial charge is 0.493 e. The number of aromatic nitrogens is 2. The normalized spacial score (nSPS) is 17.5. The summed E-state index contributed by atoms with van der Waals surface area (Å²) in [7, 11) is 0. The second-order valence-electron chi connectivity index (χ2n) is 13.6. The van der Waals surface area contributed by atoms with Crippen LogP contribution in [0.5, 0.6) is 5.75 Å². The molecule has 3 saturated heterocycles. The van der Waals surface area contributed by atoms with Crippen LogP contribution in [0.3, 0.4) is 0 Å². The van der Waals surface area contributed by atoms with Gasteiger partial charge in [-0.25, -0.2) is 14.2 Å².